The Morgan fingerprint density at radius 3 is 2.00 bits per heavy atom. The first-order valence-corrected chi connectivity index (χ1v) is 6.70. The van der Waals surface area contributed by atoms with Crippen LogP contribution in [0.3, 0.4) is 0 Å². The van der Waals surface area contributed by atoms with Gasteiger partial charge in [0.25, 0.3) is 0 Å². The van der Waals surface area contributed by atoms with Crippen molar-refractivity contribution in [2.24, 2.45) is 0 Å². The van der Waals surface area contributed by atoms with E-state index in [0.717, 1.165) is 24.3 Å². The van der Waals surface area contributed by atoms with Crippen LogP contribution in [-0.4, -0.2) is 14.1 Å². The van der Waals surface area contributed by atoms with Crippen LogP contribution in [0.2, 0.25) is 0 Å². The molecule has 1 rings (SSSR count). The van der Waals surface area contributed by atoms with Gasteiger partial charge >= 0.3 is 6.18 Å². The van der Waals surface area contributed by atoms with E-state index in [1.54, 1.807) is 20.8 Å². The summed E-state index contributed by atoms with van der Waals surface area (Å²) in [5.41, 5.74) is -0.564. The molecule has 0 unspecified atom stereocenters. The molecule has 108 valence electrons. The van der Waals surface area contributed by atoms with Gasteiger partial charge in [-0.05, 0) is 38.5 Å². The molecule has 0 aliphatic carbocycles. The molecule has 19 heavy (non-hydrogen) atoms. The van der Waals surface area contributed by atoms with Crippen LogP contribution < -0.4 is 4.72 Å². The zero-order chi connectivity index (χ0) is 14.8. The quantitative estimate of drug-likeness (QED) is 0.842. The minimum absolute atomic E-state index is 0.227. The standard InChI is InChI=1S/C12H16F3NO2S/c1-11(2,3)19(18)16-10(17)8-4-6-9(7-5-8)12(13,14)15/h4-7,10,16-17H,1-3H3/t10-,19+/m0/s1. The second kappa shape index (κ2) is 5.60. The maximum absolute atomic E-state index is 12.4. The van der Waals surface area contributed by atoms with Crippen LogP contribution in [0.15, 0.2) is 24.3 Å². The number of hydrogen-bond donors (Lipinski definition) is 2. The third-order valence-corrected chi connectivity index (χ3v) is 3.88. The van der Waals surface area contributed by atoms with Crippen molar-refractivity contribution in [3.8, 4) is 0 Å². The highest BCUT2D eigenvalue weighted by Crippen LogP contribution is 2.29. The van der Waals surface area contributed by atoms with Gasteiger partial charge in [0.2, 0.25) is 0 Å². The Morgan fingerprint density at radius 1 is 1.16 bits per heavy atom. The molecule has 7 heteroatoms. The molecule has 0 bridgehead atoms. The highest BCUT2D eigenvalue weighted by molar-refractivity contribution is 7.84. The number of rotatable bonds is 3. The molecule has 0 radical (unpaired) electrons. The maximum atomic E-state index is 12.4. The summed E-state index contributed by atoms with van der Waals surface area (Å²) in [6.07, 6.45) is -5.69. The molecule has 0 saturated carbocycles. The van der Waals surface area contributed by atoms with Crippen molar-refractivity contribution < 1.29 is 22.5 Å². The number of alkyl halides is 3. The van der Waals surface area contributed by atoms with E-state index >= 15 is 0 Å². The van der Waals surface area contributed by atoms with Gasteiger partial charge < -0.3 is 5.11 Å². The van der Waals surface area contributed by atoms with Crippen molar-refractivity contribution in [2.75, 3.05) is 0 Å². The van der Waals surface area contributed by atoms with E-state index in [-0.39, 0.29) is 5.56 Å². The lowest BCUT2D eigenvalue weighted by Gasteiger charge is -2.21. The molecule has 1 aromatic rings. The molecule has 0 saturated heterocycles. The van der Waals surface area contributed by atoms with Crippen molar-refractivity contribution in [1.82, 2.24) is 4.72 Å². The van der Waals surface area contributed by atoms with Crippen molar-refractivity contribution in [3.63, 3.8) is 0 Å². The van der Waals surface area contributed by atoms with Gasteiger partial charge in [0, 0.05) is 0 Å². The Hall–Kier alpha value is -0.920. The predicted molar refractivity (Wildman–Crippen MR) is 67.4 cm³/mol. The zero-order valence-corrected chi connectivity index (χ0v) is 11.6. The molecule has 0 amide bonds. The Morgan fingerprint density at radius 2 is 1.63 bits per heavy atom. The molecule has 0 heterocycles. The van der Waals surface area contributed by atoms with Gasteiger partial charge in [-0.15, -0.1) is 0 Å². The SMILES string of the molecule is CC(C)(C)[S@@](=O)N[C@@H](O)c1ccc(C(F)(F)F)cc1. The summed E-state index contributed by atoms with van der Waals surface area (Å²) in [6, 6.07) is 4.06. The maximum Gasteiger partial charge on any atom is 0.416 e. The van der Waals surface area contributed by atoms with Crippen LogP contribution in [0.1, 0.15) is 38.1 Å². The van der Waals surface area contributed by atoms with Gasteiger partial charge in [0.15, 0.2) is 0 Å². The highest BCUT2D eigenvalue weighted by Gasteiger charge is 2.30. The lowest BCUT2D eigenvalue weighted by atomic mass is 10.1. The largest absolute Gasteiger partial charge is 0.416 e. The second-order valence-electron chi connectivity index (χ2n) is 5.02. The molecule has 0 aromatic heterocycles. The molecule has 0 aliphatic rings. The molecule has 1 aromatic carbocycles. The predicted octanol–water partition coefficient (Wildman–Crippen LogP) is 2.75. The summed E-state index contributed by atoms with van der Waals surface area (Å²) in [7, 11) is -1.51. The molecule has 2 N–H and O–H groups in total. The summed E-state index contributed by atoms with van der Waals surface area (Å²) in [6.45, 7) is 5.15. The number of aliphatic hydroxyl groups excluding tert-OH is 1. The number of halogens is 3. The molecule has 0 spiro atoms. The van der Waals surface area contributed by atoms with Gasteiger partial charge in [-0.3, -0.25) is 0 Å². The first kappa shape index (κ1) is 16.1. The summed E-state index contributed by atoms with van der Waals surface area (Å²) in [4.78, 5) is 0. The Balaban J connectivity index is 2.79. The fourth-order valence-electron chi connectivity index (χ4n) is 1.20. The van der Waals surface area contributed by atoms with Crippen LogP contribution in [0, 0.1) is 0 Å². The first-order valence-electron chi connectivity index (χ1n) is 5.55. The van der Waals surface area contributed by atoms with E-state index < -0.39 is 33.7 Å². The Kier molecular flexibility index (Phi) is 4.76. The van der Waals surface area contributed by atoms with Crippen LogP contribution in [0.4, 0.5) is 13.2 Å². The summed E-state index contributed by atoms with van der Waals surface area (Å²) in [5, 5.41) is 9.76. The van der Waals surface area contributed by atoms with Crippen LogP contribution >= 0.6 is 0 Å². The number of aliphatic hydroxyl groups is 1. The lowest BCUT2D eigenvalue weighted by Crippen LogP contribution is -2.35. The van der Waals surface area contributed by atoms with Gasteiger partial charge in [0.1, 0.15) is 6.23 Å². The molecule has 3 nitrogen and oxygen atoms in total. The van der Waals surface area contributed by atoms with Gasteiger partial charge in [-0.2, -0.15) is 13.2 Å². The van der Waals surface area contributed by atoms with Crippen molar-refractivity contribution in [2.45, 2.75) is 37.9 Å². The van der Waals surface area contributed by atoms with Gasteiger partial charge in [0.05, 0.1) is 21.3 Å². The second-order valence-corrected chi connectivity index (χ2v) is 7.02. The summed E-state index contributed by atoms with van der Waals surface area (Å²) >= 11 is 0. The van der Waals surface area contributed by atoms with Crippen LogP contribution in [0.25, 0.3) is 0 Å². The Bertz CT molecular complexity index is 452. The third-order valence-electron chi connectivity index (χ3n) is 2.33. The number of nitrogens with one attached hydrogen (secondary N) is 1. The Labute approximate surface area is 112 Å². The van der Waals surface area contributed by atoms with Crippen molar-refractivity contribution in [1.29, 1.82) is 0 Å². The number of benzene rings is 1. The number of hydrogen-bond acceptors (Lipinski definition) is 2. The van der Waals surface area contributed by atoms with Gasteiger partial charge in [-0.1, -0.05) is 12.1 Å². The minimum Gasteiger partial charge on any atom is -0.373 e. The molecule has 0 fully saturated rings. The molecule has 2 atom stereocenters. The average Bonchev–Trinajstić information content (AvgIpc) is 2.26. The summed E-state index contributed by atoms with van der Waals surface area (Å²) < 4.78 is 50.7. The molecular weight excluding hydrogens is 279 g/mol. The van der Waals surface area contributed by atoms with E-state index in [4.69, 9.17) is 0 Å². The van der Waals surface area contributed by atoms with Crippen LogP contribution in [-0.2, 0) is 17.2 Å². The van der Waals surface area contributed by atoms with Gasteiger partial charge in [-0.25, -0.2) is 8.93 Å². The topological polar surface area (TPSA) is 49.3 Å². The van der Waals surface area contributed by atoms with E-state index in [2.05, 4.69) is 4.72 Å². The highest BCUT2D eigenvalue weighted by atomic mass is 32.2. The monoisotopic (exact) mass is 295 g/mol. The molecule has 0 aliphatic heterocycles. The van der Waals surface area contributed by atoms with E-state index in [9.17, 15) is 22.5 Å². The fourth-order valence-corrected chi connectivity index (χ4v) is 1.89. The van der Waals surface area contributed by atoms with E-state index in [0.29, 0.717) is 0 Å². The smallest absolute Gasteiger partial charge is 0.373 e. The normalized spacial score (nSPS) is 16.2. The van der Waals surface area contributed by atoms with Crippen LogP contribution in [0.5, 0.6) is 0 Å². The van der Waals surface area contributed by atoms with Crippen molar-refractivity contribution >= 4 is 11.0 Å². The average molecular weight is 295 g/mol. The lowest BCUT2D eigenvalue weighted by molar-refractivity contribution is -0.137. The van der Waals surface area contributed by atoms with Crippen molar-refractivity contribution in [3.05, 3.63) is 35.4 Å². The molecular formula is C12H16F3NO2S. The first-order chi connectivity index (χ1) is 8.51. The third kappa shape index (κ3) is 4.59. The van der Waals surface area contributed by atoms with E-state index in [1.807, 2.05) is 0 Å². The summed E-state index contributed by atoms with van der Waals surface area (Å²) in [5.74, 6) is 0. The fraction of sp³-hybridized carbons (Fsp3) is 0.500. The van der Waals surface area contributed by atoms with E-state index in [1.165, 1.54) is 0 Å². The minimum atomic E-state index is -4.41. The zero-order valence-electron chi connectivity index (χ0n) is 10.8.